The number of hydrogen-bond acceptors (Lipinski definition) is 5. The Bertz CT molecular complexity index is 822. The number of nitrogens with zero attached hydrogens (tertiary/aromatic N) is 3. The minimum atomic E-state index is -0.901. The van der Waals surface area contributed by atoms with Crippen LogP contribution < -0.4 is 11.1 Å². The summed E-state index contributed by atoms with van der Waals surface area (Å²) in [5.74, 6) is -0.312. The highest BCUT2D eigenvalue weighted by Crippen LogP contribution is 2.31. The number of halogens is 1. The molecule has 9 heteroatoms. The predicted octanol–water partition coefficient (Wildman–Crippen LogP) is 3.05. The predicted molar refractivity (Wildman–Crippen MR) is 102 cm³/mol. The van der Waals surface area contributed by atoms with Crippen LogP contribution in [0.2, 0.25) is 0 Å². The molecule has 3 amide bonds. The van der Waals surface area contributed by atoms with E-state index >= 15 is 0 Å². The Morgan fingerprint density at radius 2 is 1.89 bits per heavy atom. The van der Waals surface area contributed by atoms with E-state index in [1.165, 1.54) is 17.8 Å². The van der Waals surface area contributed by atoms with Crippen molar-refractivity contribution in [2.75, 3.05) is 0 Å². The van der Waals surface area contributed by atoms with Crippen LogP contribution in [0.5, 0.6) is 0 Å². The summed E-state index contributed by atoms with van der Waals surface area (Å²) in [7, 11) is 0. The summed E-state index contributed by atoms with van der Waals surface area (Å²) in [5, 5.41) is 10.3. The molecule has 0 aliphatic carbocycles. The highest BCUT2D eigenvalue weighted by molar-refractivity contribution is 8.00. The molecule has 0 aliphatic heterocycles. The van der Waals surface area contributed by atoms with Crippen molar-refractivity contribution in [1.29, 1.82) is 0 Å². The lowest BCUT2D eigenvalue weighted by atomic mass is 10.1. The molecule has 2 aromatic rings. The van der Waals surface area contributed by atoms with Gasteiger partial charge < -0.3 is 10.3 Å². The number of urea groups is 1. The van der Waals surface area contributed by atoms with E-state index in [2.05, 4.69) is 15.5 Å². The maximum Gasteiger partial charge on any atom is 0.318 e. The van der Waals surface area contributed by atoms with Crippen LogP contribution in [0.4, 0.5) is 9.18 Å². The lowest BCUT2D eigenvalue weighted by Crippen LogP contribution is -2.42. The van der Waals surface area contributed by atoms with Crippen molar-refractivity contribution in [2.45, 2.75) is 44.6 Å². The van der Waals surface area contributed by atoms with E-state index in [9.17, 15) is 14.0 Å². The maximum absolute atomic E-state index is 14.3. The second kappa shape index (κ2) is 8.98. The monoisotopic (exact) mass is 393 g/mol. The van der Waals surface area contributed by atoms with Gasteiger partial charge in [0.2, 0.25) is 5.91 Å². The minimum absolute atomic E-state index is 0.0875. The van der Waals surface area contributed by atoms with Gasteiger partial charge in [-0.3, -0.25) is 10.1 Å². The standard InChI is InChI=1S/C18H24FN5O2S/c1-10(2)9-24-15(12-7-5-6-8-13(12)19)22-23-18(24)27-14(11(3)4)16(25)21-17(20)26/h5-8,10-11,14H,9H2,1-4H3,(H3,20,21,25,26)/t14-/m1/s1. The van der Waals surface area contributed by atoms with Crippen molar-refractivity contribution < 1.29 is 14.0 Å². The average molecular weight is 393 g/mol. The molecule has 146 valence electrons. The van der Waals surface area contributed by atoms with Gasteiger partial charge in [0.1, 0.15) is 5.82 Å². The van der Waals surface area contributed by atoms with Crippen LogP contribution in [0.25, 0.3) is 11.4 Å². The number of carbonyl (C=O) groups is 2. The first-order chi connectivity index (χ1) is 12.7. The van der Waals surface area contributed by atoms with Crippen molar-refractivity contribution in [2.24, 2.45) is 17.6 Å². The van der Waals surface area contributed by atoms with Gasteiger partial charge in [0.25, 0.3) is 0 Å². The first-order valence-corrected chi connectivity index (χ1v) is 9.53. The van der Waals surface area contributed by atoms with Crippen molar-refractivity contribution >= 4 is 23.7 Å². The number of carbonyl (C=O) groups excluding carboxylic acids is 2. The molecule has 0 unspecified atom stereocenters. The largest absolute Gasteiger partial charge is 0.351 e. The van der Waals surface area contributed by atoms with Crippen molar-refractivity contribution in [3.63, 3.8) is 0 Å². The number of amides is 3. The molecule has 1 heterocycles. The Hall–Kier alpha value is -2.42. The highest BCUT2D eigenvalue weighted by Gasteiger charge is 2.28. The summed E-state index contributed by atoms with van der Waals surface area (Å²) >= 11 is 1.18. The molecule has 7 nitrogen and oxygen atoms in total. The lowest BCUT2D eigenvalue weighted by molar-refractivity contribution is -0.120. The summed E-state index contributed by atoms with van der Waals surface area (Å²) in [6, 6.07) is 5.46. The van der Waals surface area contributed by atoms with E-state index in [0.717, 1.165) is 0 Å². The second-order valence-corrected chi connectivity index (χ2v) is 8.04. The fourth-order valence-corrected chi connectivity index (χ4v) is 3.59. The number of primary amides is 1. The van der Waals surface area contributed by atoms with E-state index in [1.807, 2.05) is 27.7 Å². The van der Waals surface area contributed by atoms with Crippen molar-refractivity contribution in [1.82, 2.24) is 20.1 Å². The number of aromatic nitrogens is 3. The molecular weight excluding hydrogens is 369 g/mol. The summed E-state index contributed by atoms with van der Waals surface area (Å²) < 4.78 is 16.1. The molecule has 0 aliphatic rings. The number of imide groups is 1. The fourth-order valence-electron chi connectivity index (χ4n) is 2.55. The number of nitrogens with one attached hydrogen (secondary N) is 1. The number of hydrogen-bond donors (Lipinski definition) is 2. The Labute approximate surface area is 161 Å². The third kappa shape index (κ3) is 5.29. The average Bonchev–Trinajstić information content (AvgIpc) is 2.93. The van der Waals surface area contributed by atoms with Crippen molar-refractivity contribution in [3.8, 4) is 11.4 Å². The molecule has 2 rings (SSSR count). The Morgan fingerprint density at radius 3 is 2.44 bits per heavy atom. The molecule has 3 N–H and O–H groups in total. The molecule has 0 spiro atoms. The SMILES string of the molecule is CC(C)Cn1c(S[C@@H](C(=O)NC(N)=O)C(C)C)nnc1-c1ccccc1F. The van der Waals surface area contributed by atoms with E-state index in [0.29, 0.717) is 23.1 Å². The normalized spacial score (nSPS) is 12.4. The molecule has 0 fully saturated rings. The van der Waals surface area contributed by atoms with E-state index < -0.39 is 23.0 Å². The van der Waals surface area contributed by atoms with Crippen LogP contribution in [0.1, 0.15) is 27.7 Å². The maximum atomic E-state index is 14.3. The molecule has 1 atom stereocenters. The van der Waals surface area contributed by atoms with Crippen LogP contribution in [0.15, 0.2) is 29.4 Å². The van der Waals surface area contributed by atoms with Gasteiger partial charge in [-0.1, -0.05) is 51.6 Å². The van der Waals surface area contributed by atoms with Gasteiger partial charge >= 0.3 is 6.03 Å². The van der Waals surface area contributed by atoms with Crippen molar-refractivity contribution in [3.05, 3.63) is 30.1 Å². The second-order valence-electron chi connectivity index (χ2n) is 6.93. The van der Waals surface area contributed by atoms with Crippen LogP contribution >= 0.6 is 11.8 Å². The molecular formula is C18H24FN5O2S. The van der Waals surface area contributed by atoms with Gasteiger partial charge in [0, 0.05) is 6.54 Å². The topological polar surface area (TPSA) is 103 Å². The van der Waals surface area contributed by atoms with Crippen LogP contribution in [-0.2, 0) is 11.3 Å². The van der Waals surface area contributed by atoms with Gasteiger partial charge in [-0.25, -0.2) is 9.18 Å². The first kappa shape index (κ1) is 20.9. The van der Waals surface area contributed by atoms with Crippen LogP contribution in [0.3, 0.4) is 0 Å². The van der Waals surface area contributed by atoms with Crippen LogP contribution in [-0.4, -0.2) is 32.0 Å². The summed E-state index contributed by atoms with van der Waals surface area (Å²) in [6.07, 6.45) is 0. The van der Waals surface area contributed by atoms with E-state index in [4.69, 9.17) is 5.73 Å². The van der Waals surface area contributed by atoms with Gasteiger partial charge in [-0.2, -0.15) is 0 Å². The van der Waals surface area contributed by atoms with Gasteiger partial charge in [-0.05, 0) is 24.0 Å². The Morgan fingerprint density at radius 1 is 1.22 bits per heavy atom. The number of thioether (sulfide) groups is 1. The van der Waals surface area contributed by atoms with Gasteiger partial charge in [0.15, 0.2) is 11.0 Å². The van der Waals surface area contributed by atoms with Crippen LogP contribution in [0, 0.1) is 17.7 Å². The zero-order valence-electron chi connectivity index (χ0n) is 15.8. The van der Waals surface area contributed by atoms with Gasteiger partial charge in [0.05, 0.1) is 10.8 Å². The number of nitrogens with two attached hydrogens (primary N) is 1. The quantitative estimate of drug-likeness (QED) is 0.704. The summed E-state index contributed by atoms with van der Waals surface area (Å²) in [4.78, 5) is 23.3. The number of rotatable bonds is 7. The Balaban J connectivity index is 2.42. The molecule has 0 saturated heterocycles. The summed E-state index contributed by atoms with van der Waals surface area (Å²) in [5.41, 5.74) is 5.41. The first-order valence-electron chi connectivity index (χ1n) is 8.65. The molecule has 0 bridgehead atoms. The summed E-state index contributed by atoms with van der Waals surface area (Å²) in [6.45, 7) is 8.33. The minimum Gasteiger partial charge on any atom is -0.351 e. The zero-order chi connectivity index (χ0) is 20.1. The fraction of sp³-hybridized carbons (Fsp3) is 0.444. The lowest BCUT2D eigenvalue weighted by Gasteiger charge is -2.19. The van der Waals surface area contributed by atoms with E-state index in [1.54, 1.807) is 22.8 Å². The van der Waals surface area contributed by atoms with Gasteiger partial charge in [-0.15, -0.1) is 10.2 Å². The molecule has 27 heavy (non-hydrogen) atoms. The molecule has 0 saturated carbocycles. The zero-order valence-corrected chi connectivity index (χ0v) is 16.6. The molecule has 0 radical (unpaired) electrons. The number of benzene rings is 1. The highest BCUT2D eigenvalue weighted by atomic mass is 32.2. The van der Waals surface area contributed by atoms with E-state index in [-0.39, 0.29) is 11.8 Å². The smallest absolute Gasteiger partial charge is 0.318 e. The third-order valence-electron chi connectivity index (χ3n) is 3.72. The third-order valence-corrected chi connectivity index (χ3v) is 5.25. The Kier molecular flexibility index (Phi) is 6.95. The molecule has 1 aromatic carbocycles. The molecule has 1 aromatic heterocycles.